The summed E-state index contributed by atoms with van der Waals surface area (Å²) < 4.78 is 22.5. The summed E-state index contributed by atoms with van der Waals surface area (Å²) in [6, 6.07) is 41.5. The molecule has 2 aliphatic rings. The quantitative estimate of drug-likeness (QED) is 0.178. The Morgan fingerprint density at radius 2 is 1.09 bits per heavy atom. The molecule has 43 heavy (non-hydrogen) atoms. The van der Waals surface area contributed by atoms with Crippen molar-refractivity contribution in [1.29, 1.82) is 0 Å². The molecule has 1 N–H and O–H groups in total. The number of benzene rings is 4. The van der Waals surface area contributed by atoms with Crippen molar-refractivity contribution >= 4 is 36.4 Å². The molecule has 0 aliphatic heterocycles. The van der Waals surface area contributed by atoms with Crippen LogP contribution in [0.3, 0.4) is 0 Å². The Balaban J connectivity index is 1.26. The van der Waals surface area contributed by atoms with Crippen molar-refractivity contribution < 1.29 is 14.1 Å². The Bertz CT molecular complexity index is 1440. The lowest BCUT2D eigenvalue weighted by molar-refractivity contribution is 0.143. The minimum absolute atomic E-state index is 0.0527. The summed E-state index contributed by atoms with van der Waals surface area (Å²) in [7, 11) is -5.65. The molecule has 4 aromatic rings. The Morgan fingerprint density at radius 3 is 1.53 bits per heavy atom. The number of fused-ring (bicyclic) bond motifs is 1. The molecule has 0 aromatic heterocycles. The summed E-state index contributed by atoms with van der Waals surface area (Å²) in [5.74, 6) is 1.58. The summed E-state index contributed by atoms with van der Waals surface area (Å²) in [4.78, 5) is 0. The van der Waals surface area contributed by atoms with Crippen molar-refractivity contribution in [2.45, 2.75) is 63.3 Å². The average molecular weight is 609 g/mol. The van der Waals surface area contributed by atoms with Gasteiger partial charge in [-0.3, -0.25) is 0 Å². The van der Waals surface area contributed by atoms with Gasteiger partial charge < -0.3 is 14.1 Å². The van der Waals surface area contributed by atoms with Gasteiger partial charge in [-0.05, 0) is 58.8 Å². The van der Waals surface area contributed by atoms with Gasteiger partial charge in [0.15, 0.2) is 0 Å². The summed E-state index contributed by atoms with van der Waals surface area (Å²) >= 11 is 0. The fraction of sp³-hybridized carbons (Fsp3) is 0.368. The highest BCUT2D eigenvalue weighted by Crippen LogP contribution is 2.59. The van der Waals surface area contributed by atoms with Crippen LogP contribution in [0.15, 0.2) is 121 Å². The smallest absolute Gasteiger partial charge is 0.261 e. The molecule has 224 valence electrons. The predicted molar refractivity (Wildman–Crippen MR) is 182 cm³/mol. The van der Waals surface area contributed by atoms with E-state index in [9.17, 15) is 5.11 Å². The molecule has 0 heterocycles. The van der Waals surface area contributed by atoms with Gasteiger partial charge in [-0.15, -0.1) is 0 Å². The number of aliphatic hydroxyl groups excluding tert-OH is 1. The number of hydrogen-bond donors (Lipinski definition) is 1. The second-order valence-corrected chi connectivity index (χ2v) is 20.9. The van der Waals surface area contributed by atoms with Crippen LogP contribution in [-0.2, 0) is 8.99 Å². The molecule has 4 aromatic carbocycles. The zero-order valence-corrected chi connectivity index (χ0v) is 27.6. The van der Waals surface area contributed by atoms with E-state index < -0.39 is 21.6 Å². The average Bonchev–Trinajstić information content (AvgIpc) is 3.70. The lowest BCUT2D eigenvalue weighted by Crippen LogP contribution is -2.66. The van der Waals surface area contributed by atoms with E-state index in [2.05, 4.69) is 81.4 Å². The van der Waals surface area contributed by atoms with E-state index >= 15 is 4.57 Å². The molecule has 2 saturated carbocycles. The molecule has 5 atom stereocenters. The van der Waals surface area contributed by atoms with Crippen LogP contribution in [0.4, 0.5) is 0 Å². The summed E-state index contributed by atoms with van der Waals surface area (Å²) in [6.45, 7) is 7.74. The van der Waals surface area contributed by atoms with E-state index in [4.69, 9.17) is 4.43 Å². The summed E-state index contributed by atoms with van der Waals surface area (Å²) in [5.41, 5.74) is -0.280. The summed E-state index contributed by atoms with van der Waals surface area (Å²) in [5, 5.41) is 15.9. The maximum atomic E-state index is 15.2. The van der Waals surface area contributed by atoms with E-state index in [1.54, 1.807) is 0 Å². The van der Waals surface area contributed by atoms with Crippen LogP contribution >= 0.6 is 7.14 Å². The third-order valence-electron chi connectivity index (χ3n) is 10.2. The highest BCUT2D eigenvalue weighted by molar-refractivity contribution is 7.79. The van der Waals surface area contributed by atoms with Crippen molar-refractivity contribution in [3.63, 3.8) is 0 Å². The molecule has 2 aliphatic carbocycles. The van der Waals surface area contributed by atoms with Crippen LogP contribution in [-0.4, -0.2) is 31.8 Å². The predicted octanol–water partition coefficient (Wildman–Crippen LogP) is 6.74. The van der Waals surface area contributed by atoms with Crippen molar-refractivity contribution in [3.8, 4) is 0 Å². The fourth-order valence-corrected chi connectivity index (χ4v) is 16.0. The Morgan fingerprint density at radius 1 is 0.674 bits per heavy atom. The van der Waals surface area contributed by atoms with Gasteiger partial charge in [0.05, 0.1) is 6.10 Å². The van der Waals surface area contributed by atoms with Gasteiger partial charge in [-0.2, -0.15) is 0 Å². The van der Waals surface area contributed by atoms with Crippen LogP contribution in [0.1, 0.15) is 46.5 Å². The van der Waals surface area contributed by atoms with Crippen molar-refractivity contribution in [2.24, 2.45) is 17.8 Å². The third-order valence-corrected chi connectivity index (χ3v) is 18.9. The van der Waals surface area contributed by atoms with Crippen LogP contribution in [0.2, 0.25) is 5.04 Å². The first kappa shape index (κ1) is 30.3. The minimum atomic E-state index is -3.05. The first-order valence-corrected chi connectivity index (χ1v) is 19.6. The van der Waals surface area contributed by atoms with Crippen molar-refractivity contribution in [2.75, 3.05) is 6.61 Å². The molecule has 0 radical (unpaired) electrons. The van der Waals surface area contributed by atoms with Gasteiger partial charge in [-0.25, -0.2) is 0 Å². The van der Waals surface area contributed by atoms with Crippen LogP contribution in [0.5, 0.6) is 0 Å². The van der Waals surface area contributed by atoms with E-state index in [0.29, 0.717) is 24.2 Å². The molecular weight excluding hydrogens is 563 g/mol. The van der Waals surface area contributed by atoms with E-state index in [1.165, 1.54) is 10.4 Å². The maximum Gasteiger partial charge on any atom is 0.261 e. The SMILES string of the molecule is CC(C)(C)[Si](OC[C@H]1[C@@H]2CC[C@H](O)[C@@H](P(=O)(c3ccccc3)c3ccccc3)CC[C@@H]21)(c1ccccc1)c1ccccc1. The maximum absolute atomic E-state index is 15.2. The Hall–Kier alpha value is -2.75. The lowest BCUT2D eigenvalue weighted by Gasteiger charge is -2.43. The van der Waals surface area contributed by atoms with Gasteiger partial charge in [0.2, 0.25) is 0 Å². The van der Waals surface area contributed by atoms with E-state index in [0.717, 1.165) is 36.5 Å². The summed E-state index contributed by atoms with van der Waals surface area (Å²) in [6.07, 6.45) is 2.79. The Kier molecular flexibility index (Phi) is 8.68. The number of hydrogen-bond acceptors (Lipinski definition) is 3. The minimum Gasteiger partial charge on any atom is -0.407 e. The molecule has 2 fully saturated rings. The van der Waals surface area contributed by atoms with Crippen molar-refractivity contribution in [3.05, 3.63) is 121 Å². The second-order valence-electron chi connectivity index (χ2n) is 13.6. The van der Waals surface area contributed by atoms with Crippen LogP contribution in [0.25, 0.3) is 0 Å². The molecule has 0 bridgehead atoms. The molecule has 0 unspecified atom stereocenters. The first-order valence-electron chi connectivity index (χ1n) is 15.9. The number of rotatable bonds is 8. The third kappa shape index (κ3) is 5.64. The zero-order chi connectivity index (χ0) is 30.1. The van der Waals surface area contributed by atoms with Crippen LogP contribution < -0.4 is 21.0 Å². The molecular formula is C38H45O3PSi. The standard InChI is InChI=1S/C38H45O3PSi/c1-38(2,3)43(31-20-12-6-13-21-31,32-22-14-7-15-23-32)41-28-35-33-24-26-36(39)37(27-25-34(33)35)42(40,29-16-8-4-9-17-29)30-18-10-5-11-19-30/h4-23,33-37,39H,24-28H2,1-3H3/t33-,34+,35+,36+,37+/m1/s1. The van der Waals surface area contributed by atoms with Gasteiger partial charge in [0.1, 0.15) is 7.14 Å². The van der Waals surface area contributed by atoms with Gasteiger partial charge in [0.25, 0.3) is 8.32 Å². The normalized spacial score (nSPS) is 24.4. The highest BCUT2D eigenvalue weighted by atomic mass is 31.2. The molecule has 3 nitrogen and oxygen atoms in total. The molecule has 0 spiro atoms. The topological polar surface area (TPSA) is 46.5 Å². The monoisotopic (exact) mass is 608 g/mol. The molecule has 0 saturated heterocycles. The van der Waals surface area contributed by atoms with Gasteiger partial charge in [0, 0.05) is 22.9 Å². The number of aliphatic hydroxyl groups is 1. The zero-order valence-electron chi connectivity index (χ0n) is 25.7. The second kappa shape index (κ2) is 12.3. The largest absolute Gasteiger partial charge is 0.407 e. The first-order chi connectivity index (χ1) is 20.8. The van der Waals surface area contributed by atoms with Crippen LogP contribution in [0, 0.1) is 17.8 Å². The van der Waals surface area contributed by atoms with Gasteiger partial charge >= 0.3 is 0 Å². The molecule has 6 rings (SSSR count). The van der Waals surface area contributed by atoms with E-state index in [1.807, 2.05) is 60.7 Å². The van der Waals surface area contributed by atoms with Crippen molar-refractivity contribution in [1.82, 2.24) is 0 Å². The highest BCUT2D eigenvalue weighted by Gasteiger charge is 2.56. The fourth-order valence-electron chi connectivity index (χ4n) is 7.98. The van der Waals surface area contributed by atoms with E-state index in [-0.39, 0.29) is 10.7 Å². The van der Waals surface area contributed by atoms with Gasteiger partial charge in [-0.1, -0.05) is 142 Å². The molecule has 0 amide bonds. The Labute approximate surface area is 258 Å². The molecule has 5 heteroatoms. The lowest BCUT2D eigenvalue weighted by atomic mass is 9.98.